The van der Waals surface area contributed by atoms with Gasteiger partial charge in [-0.3, -0.25) is 9.59 Å². The van der Waals surface area contributed by atoms with Crippen molar-refractivity contribution in [2.45, 2.75) is 24.0 Å². The van der Waals surface area contributed by atoms with Gasteiger partial charge in [-0.05, 0) is 80.1 Å². The second kappa shape index (κ2) is 10.1. The number of carbonyl (C=O) groups excluding carboxylic acids is 2. The molecule has 3 aromatic carbocycles. The van der Waals surface area contributed by atoms with Crippen molar-refractivity contribution >= 4 is 40.9 Å². The molecule has 3 N–H and O–H groups in total. The highest BCUT2D eigenvalue weighted by atomic mass is 32.2. The second-order valence-corrected chi connectivity index (χ2v) is 8.48. The zero-order valence-corrected chi connectivity index (χ0v) is 18.2. The topological polar surface area (TPSA) is 95.5 Å². The molecule has 3 rings (SSSR count). The van der Waals surface area contributed by atoms with Crippen LogP contribution in [0.5, 0.6) is 0 Å². The molecule has 2 amide bonds. The van der Waals surface area contributed by atoms with Gasteiger partial charge in [0, 0.05) is 21.8 Å². The van der Waals surface area contributed by atoms with Crippen molar-refractivity contribution in [3.63, 3.8) is 0 Å². The maximum absolute atomic E-state index is 13.0. The summed E-state index contributed by atoms with van der Waals surface area (Å²) in [7, 11) is 0. The fraction of sp³-hybridized carbons (Fsp3) is 0.125. The minimum atomic E-state index is -1.06. The fourth-order valence-corrected chi connectivity index (χ4v) is 3.67. The van der Waals surface area contributed by atoms with E-state index in [9.17, 15) is 18.8 Å². The van der Waals surface area contributed by atoms with Crippen LogP contribution in [0.3, 0.4) is 0 Å². The lowest BCUT2D eigenvalue weighted by Gasteiger charge is -2.14. The highest BCUT2D eigenvalue weighted by Crippen LogP contribution is 2.26. The Morgan fingerprint density at radius 1 is 0.906 bits per heavy atom. The highest BCUT2D eigenvalue weighted by Gasteiger charge is 2.17. The Labute approximate surface area is 188 Å². The molecule has 0 bridgehead atoms. The molecule has 6 nitrogen and oxygen atoms in total. The number of benzene rings is 3. The summed E-state index contributed by atoms with van der Waals surface area (Å²) in [5.41, 5.74) is 2.24. The molecule has 0 aliphatic heterocycles. The molecule has 0 fully saturated rings. The first-order valence-corrected chi connectivity index (χ1v) is 10.6. The van der Waals surface area contributed by atoms with Gasteiger partial charge in [0.1, 0.15) is 5.82 Å². The van der Waals surface area contributed by atoms with E-state index in [0.717, 1.165) is 10.5 Å². The van der Waals surface area contributed by atoms with E-state index in [1.54, 1.807) is 44.2 Å². The van der Waals surface area contributed by atoms with Gasteiger partial charge in [0.15, 0.2) is 0 Å². The number of carboxylic acid groups (broad SMARTS) is 1. The first-order valence-electron chi connectivity index (χ1n) is 9.71. The van der Waals surface area contributed by atoms with Crippen molar-refractivity contribution in [3.05, 3.63) is 89.2 Å². The van der Waals surface area contributed by atoms with Gasteiger partial charge in [-0.25, -0.2) is 9.18 Å². The number of nitrogens with one attached hydrogen (secondary N) is 2. The monoisotopic (exact) mass is 452 g/mol. The number of amides is 2. The Morgan fingerprint density at radius 3 is 2.16 bits per heavy atom. The summed E-state index contributed by atoms with van der Waals surface area (Å²) in [6, 6.07) is 16.8. The molecule has 0 spiro atoms. The van der Waals surface area contributed by atoms with Gasteiger partial charge in [0.05, 0.1) is 10.8 Å². The van der Waals surface area contributed by atoms with E-state index in [2.05, 4.69) is 10.6 Å². The smallest absolute Gasteiger partial charge is 0.335 e. The minimum Gasteiger partial charge on any atom is -0.478 e. The van der Waals surface area contributed by atoms with Crippen LogP contribution in [0, 0.1) is 12.7 Å². The molecule has 1 atom stereocenters. The van der Waals surface area contributed by atoms with Crippen LogP contribution in [0.4, 0.5) is 15.8 Å². The van der Waals surface area contributed by atoms with E-state index in [-0.39, 0.29) is 17.4 Å². The lowest BCUT2D eigenvalue weighted by molar-refractivity contribution is -0.115. The Kier molecular flexibility index (Phi) is 7.27. The average molecular weight is 453 g/mol. The number of carbonyl (C=O) groups is 3. The Balaban J connectivity index is 1.59. The average Bonchev–Trinajstić information content (AvgIpc) is 2.76. The van der Waals surface area contributed by atoms with Crippen LogP contribution in [-0.2, 0) is 4.79 Å². The number of anilines is 2. The van der Waals surface area contributed by atoms with E-state index in [0.29, 0.717) is 16.9 Å². The third-order valence-electron chi connectivity index (χ3n) is 4.64. The predicted octanol–water partition coefficient (Wildman–Crippen LogP) is 5.20. The number of thioether (sulfide) groups is 1. The first-order chi connectivity index (χ1) is 15.2. The Bertz CT molecular complexity index is 1150. The zero-order valence-electron chi connectivity index (χ0n) is 17.4. The number of halogens is 1. The van der Waals surface area contributed by atoms with Crippen LogP contribution in [-0.4, -0.2) is 28.1 Å². The molecule has 8 heteroatoms. The van der Waals surface area contributed by atoms with Gasteiger partial charge < -0.3 is 15.7 Å². The third kappa shape index (κ3) is 5.95. The number of hydrogen-bond acceptors (Lipinski definition) is 4. The Hall–Kier alpha value is -3.65. The molecule has 0 radical (unpaired) electrons. The number of aryl methyl sites for hydroxylation is 1. The molecular weight excluding hydrogens is 431 g/mol. The molecule has 0 aromatic heterocycles. The zero-order chi connectivity index (χ0) is 23.3. The van der Waals surface area contributed by atoms with Crippen LogP contribution in [0.1, 0.15) is 33.2 Å². The fourth-order valence-electron chi connectivity index (χ4n) is 2.80. The van der Waals surface area contributed by atoms with Crippen LogP contribution < -0.4 is 10.6 Å². The van der Waals surface area contributed by atoms with Crippen LogP contribution >= 0.6 is 11.8 Å². The van der Waals surface area contributed by atoms with Crippen molar-refractivity contribution in [2.75, 3.05) is 10.6 Å². The molecule has 0 aliphatic carbocycles. The van der Waals surface area contributed by atoms with Gasteiger partial charge in [-0.15, -0.1) is 11.8 Å². The molecule has 0 saturated carbocycles. The lowest BCUT2D eigenvalue weighted by atomic mass is 10.1. The van der Waals surface area contributed by atoms with Crippen LogP contribution in [0.2, 0.25) is 0 Å². The molecule has 3 aromatic rings. The lowest BCUT2D eigenvalue weighted by Crippen LogP contribution is -2.23. The van der Waals surface area contributed by atoms with Crippen molar-refractivity contribution in [1.29, 1.82) is 0 Å². The largest absolute Gasteiger partial charge is 0.478 e. The summed E-state index contributed by atoms with van der Waals surface area (Å²) in [6.07, 6.45) is 0. The van der Waals surface area contributed by atoms with Crippen molar-refractivity contribution in [3.8, 4) is 0 Å². The normalized spacial score (nSPS) is 11.5. The van der Waals surface area contributed by atoms with Crippen molar-refractivity contribution in [2.24, 2.45) is 0 Å². The van der Waals surface area contributed by atoms with E-state index in [4.69, 9.17) is 5.11 Å². The SMILES string of the molecule is Cc1ccc(C(=O)O)cc1NC(=O)C(C)Sc1ccc(NC(=O)c2ccc(F)cc2)cc1. The maximum atomic E-state index is 13.0. The summed E-state index contributed by atoms with van der Waals surface area (Å²) in [6.45, 7) is 3.54. The summed E-state index contributed by atoms with van der Waals surface area (Å²) >= 11 is 1.33. The standard InChI is InChI=1S/C24H21FN2O4S/c1-14-3-4-17(24(30)31)13-21(14)27-22(28)15(2)32-20-11-9-19(10-12-20)26-23(29)16-5-7-18(25)8-6-16/h3-13,15H,1-2H3,(H,26,29)(H,27,28)(H,30,31). The molecule has 32 heavy (non-hydrogen) atoms. The quantitative estimate of drug-likeness (QED) is 0.428. The number of hydrogen-bond donors (Lipinski definition) is 3. The van der Waals surface area contributed by atoms with Gasteiger partial charge in [-0.1, -0.05) is 6.07 Å². The third-order valence-corrected chi connectivity index (χ3v) is 5.76. The minimum absolute atomic E-state index is 0.101. The molecule has 164 valence electrons. The maximum Gasteiger partial charge on any atom is 0.335 e. The summed E-state index contributed by atoms with van der Waals surface area (Å²) in [5.74, 6) is -2.08. The van der Waals surface area contributed by atoms with E-state index >= 15 is 0 Å². The van der Waals surface area contributed by atoms with Gasteiger partial charge >= 0.3 is 5.97 Å². The number of rotatable bonds is 7. The van der Waals surface area contributed by atoms with E-state index < -0.39 is 17.0 Å². The summed E-state index contributed by atoms with van der Waals surface area (Å²) < 4.78 is 13.0. The molecule has 1 unspecified atom stereocenters. The van der Waals surface area contributed by atoms with E-state index in [1.165, 1.54) is 48.2 Å². The highest BCUT2D eigenvalue weighted by molar-refractivity contribution is 8.00. The van der Waals surface area contributed by atoms with Crippen LogP contribution in [0.25, 0.3) is 0 Å². The molecule has 0 heterocycles. The van der Waals surface area contributed by atoms with Crippen LogP contribution in [0.15, 0.2) is 71.6 Å². The van der Waals surface area contributed by atoms with Crippen molar-refractivity contribution < 1.29 is 23.9 Å². The summed E-state index contributed by atoms with van der Waals surface area (Å²) in [4.78, 5) is 36.8. The van der Waals surface area contributed by atoms with Gasteiger partial charge in [0.25, 0.3) is 5.91 Å². The number of aromatic carboxylic acids is 1. The Morgan fingerprint density at radius 2 is 1.53 bits per heavy atom. The predicted molar refractivity (Wildman–Crippen MR) is 123 cm³/mol. The molecule has 0 saturated heterocycles. The van der Waals surface area contributed by atoms with E-state index in [1.807, 2.05) is 0 Å². The second-order valence-electron chi connectivity index (χ2n) is 7.07. The molecule has 0 aliphatic rings. The number of carboxylic acids is 1. The van der Waals surface area contributed by atoms with Gasteiger partial charge in [-0.2, -0.15) is 0 Å². The van der Waals surface area contributed by atoms with Crippen molar-refractivity contribution in [1.82, 2.24) is 0 Å². The van der Waals surface area contributed by atoms with Gasteiger partial charge in [0.2, 0.25) is 5.91 Å². The summed E-state index contributed by atoms with van der Waals surface area (Å²) in [5, 5.41) is 14.2. The first kappa shape index (κ1) is 23.0. The molecular formula is C24H21FN2O4S.